The molecule has 1 saturated carbocycles. The number of ketones is 3. The summed E-state index contributed by atoms with van der Waals surface area (Å²) in [7, 11) is 2.40. The Morgan fingerprint density at radius 2 is 1.65 bits per heavy atom. The van der Waals surface area contributed by atoms with E-state index in [-0.39, 0.29) is 31.0 Å². The third-order valence-corrected chi connectivity index (χ3v) is 5.84. The zero-order chi connectivity index (χ0) is 25.2. The molecule has 1 fully saturated rings. The van der Waals surface area contributed by atoms with Crippen molar-refractivity contribution in [3.05, 3.63) is 41.0 Å². The quantitative estimate of drug-likeness (QED) is 0.314. The van der Waals surface area contributed by atoms with Crippen molar-refractivity contribution in [1.29, 1.82) is 0 Å². The highest BCUT2D eigenvalue weighted by atomic mass is 32.2. The smallest absolute Gasteiger partial charge is 0.433 e. The number of alkyl halides is 3. The Morgan fingerprint density at radius 1 is 1.09 bits per heavy atom. The molecule has 2 unspecified atom stereocenters. The minimum absolute atomic E-state index is 0.0708. The van der Waals surface area contributed by atoms with E-state index < -0.39 is 68.6 Å². The molecule has 3 rings (SSSR count). The predicted molar refractivity (Wildman–Crippen MR) is 107 cm³/mol. The minimum Gasteiger partial charge on any atom is -0.771 e. The molecule has 1 aliphatic rings. The molecule has 0 spiro atoms. The molecule has 0 amide bonds. The maximum Gasteiger partial charge on any atom is 0.433 e. The molecular weight excluding hydrogens is 483 g/mol. The van der Waals surface area contributed by atoms with Gasteiger partial charge >= 0.3 is 6.18 Å². The van der Waals surface area contributed by atoms with Crippen molar-refractivity contribution in [2.45, 2.75) is 30.7 Å². The Balaban J connectivity index is 2.26. The van der Waals surface area contributed by atoms with Gasteiger partial charge in [-0.3, -0.25) is 18.6 Å². The van der Waals surface area contributed by atoms with E-state index in [4.69, 9.17) is 9.47 Å². The average molecular weight is 500 g/mol. The Labute approximate surface area is 193 Å². The zero-order valence-corrected chi connectivity index (χ0v) is 18.6. The predicted octanol–water partition coefficient (Wildman–Crippen LogP) is 2.00. The molecule has 2 aromatic heterocycles. The van der Waals surface area contributed by atoms with Gasteiger partial charge in [-0.05, 0) is 29.6 Å². The second-order valence-corrected chi connectivity index (χ2v) is 8.15. The van der Waals surface area contributed by atoms with Crippen LogP contribution in [0, 0.1) is 5.92 Å². The van der Waals surface area contributed by atoms with Gasteiger partial charge in [0.05, 0.1) is 26.0 Å². The van der Waals surface area contributed by atoms with Crippen LogP contribution in [-0.2, 0) is 26.8 Å². The largest absolute Gasteiger partial charge is 0.771 e. The van der Waals surface area contributed by atoms with Gasteiger partial charge in [-0.15, -0.1) is 0 Å². The fraction of sp³-hybridized carbons (Fsp3) is 0.400. The van der Waals surface area contributed by atoms with Crippen LogP contribution < -0.4 is 9.47 Å². The van der Waals surface area contributed by atoms with Gasteiger partial charge < -0.3 is 14.0 Å². The first-order chi connectivity index (χ1) is 16.0. The molecule has 2 aromatic rings. The Morgan fingerprint density at radius 3 is 2.12 bits per heavy atom. The molecule has 34 heavy (non-hydrogen) atoms. The van der Waals surface area contributed by atoms with E-state index in [0.717, 1.165) is 0 Å². The molecule has 182 valence electrons. The molecule has 10 nitrogen and oxygen atoms in total. The fourth-order valence-corrected chi connectivity index (χ4v) is 4.08. The lowest BCUT2D eigenvalue weighted by Gasteiger charge is -2.24. The number of hydrogen-bond donors (Lipinski definition) is 0. The maximum atomic E-state index is 13.4. The lowest BCUT2D eigenvalue weighted by atomic mass is 9.81. The van der Waals surface area contributed by atoms with Gasteiger partial charge in [-0.1, -0.05) is 0 Å². The van der Waals surface area contributed by atoms with Crippen LogP contribution in [0.2, 0.25) is 0 Å². The van der Waals surface area contributed by atoms with Crippen LogP contribution in [-0.4, -0.2) is 55.3 Å². The normalized spacial score (nSPS) is 16.8. The van der Waals surface area contributed by atoms with Crippen LogP contribution in [0.25, 0.3) is 0 Å². The molecule has 1 aliphatic carbocycles. The summed E-state index contributed by atoms with van der Waals surface area (Å²) in [6, 6.07) is 2.35. The number of ether oxygens (including phenoxy) is 2. The van der Waals surface area contributed by atoms with E-state index >= 15 is 0 Å². The first-order valence-electron chi connectivity index (χ1n) is 9.70. The van der Waals surface area contributed by atoms with Crippen molar-refractivity contribution in [2.24, 2.45) is 5.92 Å². The second kappa shape index (κ2) is 9.93. The number of methoxy groups -OCH3 is 2. The summed E-state index contributed by atoms with van der Waals surface area (Å²) in [4.78, 5) is 48.8. The molecule has 0 aromatic carbocycles. The van der Waals surface area contributed by atoms with Crippen molar-refractivity contribution in [1.82, 2.24) is 15.0 Å². The number of nitrogens with zero attached hydrogens (tertiary/aromatic N) is 3. The third-order valence-electron chi connectivity index (χ3n) is 5.02. The Kier molecular flexibility index (Phi) is 7.41. The van der Waals surface area contributed by atoms with Crippen molar-refractivity contribution >= 4 is 28.4 Å². The first kappa shape index (κ1) is 25.4. The van der Waals surface area contributed by atoms with Gasteiger partial charge in [-0.2, -0.15) is 23.1 Å². The van der Waals surface area contributed by atoms with Gasteiger partial charge in [0.1, 0.15) is 16.9 Å². The van der Waals surface area contributed by atoms with E-state index in [2.05, 4.69) is 15.0 Å². The minimum atomic E-state index is -4.99. The molecule has 0 saturated heterocycles. The van der Waals surface area contributed by atoms with Crippen LogP contribution in [0.15, 0.2) is 18.2 Å². The number of aromatic nitrogens is 3. The van der Waals surface area contributed by atoms with E-state index in [0.29, 0.717) is 12.1 Å². The van der Waals surface area contributed by atoms with Gasteiger partial charge in [0, 0.05) is 18.4 Å². The number of pyridine rings is 1. The molecule has 14 heteroatoms. The van der Waals surface area contributed by atoms with Crippen molar-refractivity contribution in [2.75, 3.05) is 14.2 Å². The molecule has 2 heterocycles. The lowest BCUT2D eigenvalue weighted by molar-refractivity contribution is -0.141. The van der Waals surface area contributed by atoms with Gasteiger partial charge in [0.15, 0.2) is 23.2 Å². The van der Waals surface area contributed by atoms with Crippen LogP contribution in [0.1, 0.15) is 52.1 Å². The van der Waals surface area contributed by atoms with Crippen LogP contribution >= 0.6 is 0 Å². The van der Waals surface area contributed by atoms with Gasteiger partial charge in [0.25, 0.3) is 0 Å². The SMILES string of the molecule is COc1cc(OC)nc(C(c2nc(C(F)(F)F)ccc2C(=O)C2C(=O)CCCC2=O)S(=O)[O-])n1. The summed E-state index contributed by atoms with van der Waals surface area (Å²) < 4.78 is 74.5. The first-order valence-corrected chi connectivity index (χ1v) is 10.8. The maximum absolute atomic E-state index is 13.4. The van der Waals surface area contributed by atoms with E-state index in [1.807, 2.05) is 0 Å². The number of rotatable bonds is 7. The number of Topliss-reactive ketones (excluding diaryl/α,β-unsaturated/α-hetero) is 3. The number of hydrogen-bond acceptors (Lipinski definition) is 10. The summed E-state index contributed by atoms with van der Waals surface area (Å²) in [6.45, 7) is 0. The topological polar surface area (TPSA) is 148 Å². The van der Waals surface area contributed by atoms with Crippen LogP contribution in [0.3, 0.4) is 0 Å². The Bertz CT molecular complexity index is 1130. The molecule has 0 bridgehead atoms. The summed E-state index contributed by atoms with van der Waals surface area (Å²) in [5.74, 6) is -5.24. The highest BCUT2D eigenvalue weighted by Crippen LogP contribution is 2.35. The molecule has 2 atom stereocenters. The van der Waals surface area contributed by atoms with Gasteiger partial charge in [0.2, 0.25) is 11.8 Å². The standard InChI is InChI=1S/C20H18F3N3O7S/c1-32-13-8-14(33-2)26-19(25-13)18(34(30)31)16-9(6-7-12(24-16)20(21,22)23)17(29)15-10(27)4-3-5-11(15)28/h6-8,15,18H,3-5H2,1-2H3,(H,30,31)/p-1. The highest BCUT2D eigenvalue weighted by molar-refractivity contribution is 7.79. The highest BCUT2D eigenvalue weighted by Gasteiger charge is 2.41. The molecular formula is C20H17F3N3O7S-. The summed E-state index contributed by atoms with van der Waals surface area (Å²) in [5, 5.41) is -2.08. The van der Waals surface area contributed by atoms with Gasteiger partial charge in [-0.25, -0.2) is 4.98 Å². The van der Waals surface area contributed by atoms with E-state index in [9.17, 15) is 36.3 Å². The average Bonchev–Trinajstić information content (AvgIpc) is 2.77. The zero-order valence-electron chi connectivity index (χ0n) is 17.7. The molecule has 0 N–H and O–H groups in total. The summed E-state index contributed by atoms with van der Waals surface area (Å²) in [6.07, 6.45) is -4.89. The number of halogens is 3. The van der Waals surface area contributed by atoms with Crippen molar-refractivity contribution in [3.63, 3.8) is 0 Å². The molecule has 0 aliphatic heterocycles. The lowest BCUT2D eigenvalue weighted by Crippen LogP contribution is -2.36. The van der Waals surface area contributed by atoms with Crippen LogP contribution in [0.4, 0.5) is 13.2 Å². The molecule has 0 radical (unpaired) electrons. The Hall–Kier alpha value is -3.26. The van der Waals surface area contributed by atoms with Crippen LogP contribution in [0.5, 0.6) is 11.8 Å². The monoisotopic (exact) mass is 500 g/mol. The van der Waals surface area contributed by atoms with Crippen molar-refractivity contribution in [3.8, 4) is 11.8 Å². The third kappa shape index (κ3) is 5.12. The fourth-order valence-electron chi connectivity index (χ4n) is 3.44. The van der Waals surface area contributed by atoms with E-state index in [1.54, 1.807) is 0 Å². The summed E-state index contributed by atoms with van der Waals surface area (Å²) in [5.41, 5.74) is -3.01. The van der Waals surface area contributed by atoms with E-state index in [1.165, 1.54) is 20.3 Å². The number of carbonyl (C=O) groups excluding carboxylic acids is 3. The second-order valence-electron chi connectivity index (χ2n) is 7.16. The summed E-state index contributed by atoms with van der Waals surface area (Å²) >= 11 is -3.25. The number of carbonyl (C=O) groups is 3. The van der Waals surface area contributed by atoms with Crippen molar-refractivity contribution < 1.29 is 45.8 Å².